The minimum atomic E-state index is -2.22. The summed E-state index contributed by atoms with van der Waals surface area (Å²) in [4.78, 5) is 18.6. The molecule has 2 aromatic carbocycles. The zero-order valence-electron chi connectivity index (χ0n) is 18.1. The van der Waals surface area contributed by atoms with Crippen molar-refractivity contribution in [3.05, 3.63) is 71.8 Å². The highest BCUT2D eigenvalue weighted by Crippen LogP contribution is 2.41. The summed E-state index contributed by atoms with van der Waals surface area (Å²) in [5, 5.41) is 1.26. The van der Waals surface area contributed by atoms with E-state index < -0.39 is 14.4 Å². The summed E-state index contributed by atoms with van der Waals surface area (Å²) in [6, 6.07) is 20.2. The molecule has 152 valence electrons. The Morgan fingerprint density at radius 3 is 1.71 bits per heavy atom. The Labute approximate surface area is 170 Å². The molecular weight excluding hydrogens is 366 g/mol. The third-order valence-corrected chi connectivity index (χ3v) is 10.1. The largest absolute Gasteiger partial charge is 0.404 e. The predicted molar refractivity (Wildman–Crippen MR) is 117 cm³/mol. The third-order valence-electron chi connectivity index (χ3n) is 5.68. The zero-order valence-corrected chi connectivity index (χ0v) is 19.1. The first-order valence-electron chi connectivity index (χ1n) is 9.68. The van der Waals surface area contributed by atoms with Crippen molar-refractivity contribution in [3.8, 4) is 0 Å². The van der Waals surface area contributed by atoms with E-state index in [1.807, 2.05) is 36.4 Å². The van der Waals surface area contributed by atoms with Gasteiger partial charge in [0, 0.05) is 13.0 Å². The maximum atomic E-state index is 13.4. The van der Waals surface area contributed by atoms with E-state index in [2.05, 4.69) is 58.1 Å². The minimum absolute atomic E-state index is 0.0188. The van der Waals surface area contributed by atoms with Crippen LogP contribution < -0.4 is 0 Å². The molecule has 2 aromatic rings. The summed E-state index contributed by atoms with van der Waals surface area (Å²) < 4.78 is 6.73. The molecule has 2 rings (SSSR count). The second-order valence-corrected chi connectivity index (χ2v) is 13.4. The van der Waals surface area contributed by atoms with Crippen molar-refractivity contribution < 1.29 is 14.1 Å². The second kappa shape index (κ2) is 9.03. The van der Waals surface area contributed by atoms with E-state index in [1.54, 1.807) is 7.05 Å². The number of rotatable bonds is 7. The van der Waals surface area contributed by atoms with Crippen molar-refractivity contribution in [2.45, 2.75) is 50.9 Å². The molecule has 0 aliphatic carbocycles. The molecule has 1 atom stereocenters. The Morgan fingerprint density at radius 2 is 1.36 bits per heavy atom. The highest BCUT2D eigenvalue weighted by Gasteiger charge is 2.44. The molecule has 28 heavy (non-hydrogen) atoms. The number of carbonyl (C=O) groups excluding carboxylic acids is 1. The summed E-state index contributed by atoms with van der Waals surface area (Å²) in [6.07, 6.45) is -0.671. The molecule has 0 aliphatic rings. The predicted octanol–water partition coefficient (Wildman–Crippen LogP) is 5.23. The quantitative estimate of drug-likeness (QED) is 0.473. The van der Waals surface area contributed by atoms with Gasteiger partial charge < -0.3 is 4.43 Å². The molecule has 0 N–H and O–H groups in total. The van der Waals surface area contributed by atoms with E-state index in [0.29, 0.717) is 0 Å². The monoisotopic (exact) mass is 399 g/mol. The van der Waals surface area contributed by atoms with Gasteiger partial charge in [0.25, 0.3) is 5.91 Å². The Hall–Kier alpha value is -1.95. The van der Waals surface area contributed by atoms with Gasteiger partial charge in [0.05, 0.1) is 7.11 Å². The lowest BCUT2D eigenvalue weighted by Gasteiger charge is -2.41. The molecule has 5 heteroatoms. The van der Waals surface area contributed by atoms with Crippen LogP contribution in [0.15, 0.2) is 60.7 Å². The fourth-order valence-electron chi connectivity index (χ4n) is 2.89. The average molecular weight is 400 g/mol. The van der Waals surface area contributed by atoms with Gasteiger partial charge in [0.2, 0.25) is 0 Å². The molecule has 0 heterocycles. The van der Waals surface area contributed by atoms with Crippen LogP contribution in [-0.4, -0.2) is 39.5 Å². The number of carbonyl (C=O) groups is 1. The van der Waals surface area contributed by atoms with E-state index in [4.69, 9.17) is 9.26 Å². The molecule has 0 radical (unpaired) electrons. The van der Waals surface area contributed by atoms with Crippen molar-refractivity contribution >= 4 is 14.2 Å². The van der Waals surface area contributed by atoms with Crippen LogP contribution in [0.5, 0.6) is 0 Å². The van der Waals surface area contributed by atoms with Crippen molar-refractivity contribution in [2.24, 2.45) is 0 Å². The Balaban J connectivity index is 2.60. The zero-order chi connectivity index (χ0) is 20.9. The van der Waals surface area contributed by atoms with Gasteiger partial charge in [-0.15, -0.1) is 0 Å². The third kappa shape index (κ3) is 5.10. The molecule has 0 aliphatic heterocycles. The van der Waals surface area contributed by atoms with E-state index in [9.17, 15) is 4.79 Å². The molecule has 0 spiro atoms. The average Bonchev–Trinajstić information content (AvgIpc) is 2.67. The molecule has 0 aromatic heterocycles. The first-order chi connectivity index (χ1) is 13.1. The molecular formula is C23H33NO3Si. The number of benzene rings is 2. The smallest absolute Gasteiger partial charge is 0.274 e. The summed E-state index contributed by atoms with van der Waals surface area (Å²) >= 11 is 0. The number of nitrogens with zero attached hydrogens (tertiary/aromatic N) is 1. The number of likely N-dealkylation sites (N-methyl/N-ethyl adjacent to an activating group) is 1. The van der Waals surface area contributed by atoms with E-state index in [1.165, 1.54) is 12.2 Å². The number of amides is 1. The first-order valence-corrected chi connectivity index (χ1v) is 12.6. The summed E-state index contributed by atoms with van der Waals surface area (Å²) in [7, 11) is 0.917. The second-order valence-electron chi connectivity index (χ2n) is 8.62. The molecule has 1 unspecified atom stereocenters. The van der Waals surface area contributed by atoms with Crippen LogP contribution in [0.3, 0.4) is 0 Å². The standard InChI is InChI=1S/C23H33NO3Si/c1-23(2,3)28(6,7)27-21(22(25)24(4)26-5)20(18-14-10-8-11-15-18)19-16-12-9-13-17-19/h8-17,20-21H,1-7H3. The topological polar surface area (TPSA) is 38.8 Å². The fraction of sp³-hybridized carbons (Fsp3) is 0.435. The maximum absolute atomic E-state index is 13.4. The van der Waals surface area contributed by atoms with Gasteiger partial charge in [0.15, 0.2) is 8.32 Å². The molecule has 1 amide bonds. The van der Waals surface area contributed by atoms with E-state index in [-0.39, 0.29) is 16.9 Å². The van der Waals surface area contributed by atoms with Crippen LogP contribution in [0.4, 0.5) is 0 Å². The minimum Gasteiger partial charge on any atom is -0.404 e. The summed E-state index contributed by atoms with van der Waals surface area (Å²) in [5.41, 5.74) is 2.10. The van der Waals surface area contributed by atoms with Crippen LogP contribution in [0.1, 0.15) is 37.8 Å². The summed E-state index contributed by atoms with van der Waals surface area (Å²) in [6.45, 7) is 10.9. The highest BCUT2D eigenvalue weighted by atomic mass is 28.4. The molecule has 0 fully saturated rings. The van der Waals surface area contributed by atoms with E-state index >= 15 is 0 Å². The van der Waals surface area contributed by atoms with Crippen LogP contribution in [0.25, 0.3) is 0 Å². The Morgan fingerprint density at radius 1 is 0.929 bits per heavy atom. The lowest BCUT2D eigenvalue weighted by molar-refractivity contribution is -0.177. The van der Waals surface area contributed by atoms with Gasteiger partial charge in [-0.2, -0.15) is 0 Å². The lowest BCUT2D eigenvalue weighted by atomic mass is 9.86. The van der Waals surface area contributed by atoms with Crippen molar-refractivity contribution in [2.75, 3.05) is 14.2 Å². The Bertz CT molecular complexity index is 717. The molecule has 0 saturated carbocycles. The number of hydroxylamine groups is 2. The van der Waals surface area contributed by atoms with E-state index in [0.717, 1.165) is 11.1 Å². The number of hydrogen-bond acceptors (Lipinski definition) is 3. The van der Waals surface area contributed by atoms with Gasteiger partial charge in [-0.25, -0.2) is 5.06 Å². The van der Waals surface area contributed by atoms with Gasteiger partial charge >= 0.3 is 0 Å². The molecule has 4 nitrogen and oxygen atoms in total. The SMILES string of the molecule is CON(C)C(=O)C(O[Si](C)(C)C(C)(C)C)C(c1ccccc1)c1ccccc1. The first kappa shape index (κ1) is 22.3. The molecule has 0 saturated heterocycles. The van der Waals surface area contributed by atoms with Gasteiger partial charge in [-0.1, -0.05) is 81.4 Å². The van der Waals surface area contributed by atoms with Crippen LogP contribution >= 0.6 is 0 Å². The van der Waals surface area contributed by atoms with Crippen molar-refractivity contribution in [1.29, 1.82) is 0 Å². The van der Waals surface area contributed by atoms with Crippen LogP contribution in [-0.2, 0) is 14.1 Å². The van der Waals surface area contributed by atoms with Crippen molar-refractivity contribution in [1.82, 2.24) is 5.06 Å². The van der Waals surface area contributed by atoms with Crippen LogP contribution in [0, 0.1) is 0 Å². The van der Waals surface area contributed by atoms with Gasteiger partial charge in [-0.05, 0) is 29.3 Å². The normalized spacial score (nSPS) is 13.4. The number of hydrogen-bond donors (Lipinski definition) is 0. The van der Waals surface area contributed by atoms with Crippen molar-refractivity contribution in [3.63, 3.8) is 0 Å². The maximum Gasteiger partial charge on any atom is 0.274 e. The molecule has 0 bridgehead atoms. The lowest BCUT2D eigenvalue weighted by Crippen LogP contribution is -2.51. The van der Waals surface area contributed by atoms with Gasteiger partial charge in [-0.3, -0.25) is 9.63 Å². The Kier molecular flexibility index (Phi) is 7.20. The van der Waals surface area contributed by atoms with Gasteiger partial charge in [0.1, 0.15) is 6.10 Å². The van der Waals surface area contributed by atoms with Crippen LogP contribution in [0.2, 0.25) is 18.1 Å². The highest BCUT2D eigenvalue weighted by molar-refractivity contribution is 6.74. The fourth-order valence-corrected chi connectivity index (χ4v) is 4.11. The summed E-state index contributed by atoms with van der Waals surface area (Å²) in [5.74, 6) is -0.397.